The van der Waals surface area contributed by atoms with Crippen LogP contribution in [0, 0.1) is 5.82 Å². The van der Waals surface area contributed by atoms with Crippen molar-refractivity contribution in [3.05, 3.63) is 89.8 Å². The van der Waals surface area contributed by atoms with E-state index < -0.39 is 18.6 Å². The zero-order valence-electron chi connectivity index (χ0n) is 16.7. The Labute approximate surface area is 174 Å². The normalized spacial score (nSPS) is 26.7. The Morgan fingerprint density at radius 2 is 1.60 bits per heavy atom. The van der Waals surface area contributed by atoms with Crippen LogP contribution in [0.1, 0.15) is 24.0 Å². The van der Waals surface area contributed by atoms with Crippen molar-refractivity contribution in [2.24, 2.45) is 0 Å². The Hall–Kier alpha value is -2.63. The first-order valence-electron chi connectivity index (χ1n) is 9.90. The van der Waals surface area contributed by atoms with E-state index in [-0.39, 0.29) is 11.7 Å². The van der Waals surface area contributed by atoms with E-state index in [9.17, 15) is 13.2 Å². The molecule has 0 amide bonds. The minimum absolute atomic E-state index is 0.0444. The highest BCUT2D eigenvalue weighted by molar-refractivity contribution is 5.75. The highest BCUT2D eigenvalue weighted by Crippen LogP contribution is 2.34. The lowest BCUT2D eigenvalue weighted by atomic mass is 9.90. The van der Waals surface area contributed by atoms with E-state index in [1.807, 2.05) is 6.07 Å². The van der Waals surface area contributed by atoms with Gasteiger partial charge in [-0.25, -0.2) is 13.2 Å². The first-order chi connectivity index (χ1) is 14.5. The molecule has 0 radical (unpaired) electrons. The van der Waals surface area contributed by atoms with Crippen LogP contribution in [0.3, 0.4) is 0 Å². The summed E-state index contributed by atoms with van der Waals surface area (Å²) in [5.74, 6) is -0.397. The SMILES string of the molecule is C=CC1OCC(c2ccc(-c3ccc(C4=CC=C(C)C(F)C4F)cc3)c(F)c2)CO1. The highest BCUT2D eigenvalue weighted by Gasteiger charge is 2.29. The van der Waals surface area contributed by atoms with Gasteiger partial charge in [0.05, 0.1) is 13.2 Å². The largest absolute Gasteiger partial charge is 0.348 e. The minimum Gasteiger partial charge on any atom is -0.348 e. The molecular formula is C25H23F3O2. The quantitative estimate of drug-likeness (QED) is 0.561. The summed E-state index contributed by atoms with van der Waals surface area (Å²) in [6, 6.07) is 11.9. The zero-order valence-corrected chi connectivity index (χ0v) is 16.7. The van der Waals surface area contributed by atoms with E-state index in [2.05, 4.69) is 6.58 Å². The number of alkyl halides is 2. The Bertz CT molecular complexity index is 986. The number of allylic oxidation sites excluding steroid dienone is 4. The minimum atomic E-state index is -1.70. The Morgan fingerprint density at radius 1 is 0.933 bits per heavy atom. The van der Waals surface area contributed by atoms with Gasteiger partial charge in [-0.3, -0.25) is 0 Å². The van der Waals surface area contributed by atoms with Gasteiger partial charge in [-0.2, -0.15) is 0 Å². The van der Waals surface area contributed by atoms with E-state index in [1.54, 1.807) is 55.5 Å². The molecule has 0 aromatic heterocycles. The molecule has 2 nitrogen and oxygen atoms in total. The molecule has 0 saturated carbocycles. The van der Waals surface area contributed by atoms with Crippen molar-refractivity contribution < 1.29 is 22.6 Å². The van der Waals surface area contributed by atoms with Crippen LogP contribution in [0.15, 0.2) is 72.8 Å². The van der Waals surface area contributed by atoms with E-state index in [4.69, 9.17) is 9.47 Å². The molecule has 1 aliphatic heterocycles. The van der Waals surface area contributed by atoms with Crippen molar-refractivity contribution in [3.63, 3.8) is 0 Å². The number of hydrogen-bond acceptors (Lipinski definition) is 2. The predicted molar refractivity (Wildman–Crippen MR) is 112 cm³/mol. The van der Waals surface area contributed by atoms with Crippen molar-refractivity contribution >= 4 is 5.57 Å². The fraction of sp³-hybridized carbons (Fsp3) is 0.280. The van der Waals surface area contributed by atoms with Gasteiger partial charge < -0.3 is 9.47 Å². The Morgan fingerprint density at radius 3 is 2.23 bits per heavy atom. The molecule has 1 heterocycles. The standard InChI is InChI=1S/C25H23F3O2/c1-3-23-29-13-19(14-30-23)18-9-11-20(22(26)12-18)16-5-7-17(8-6-16)21-10-4-15(2)24(27)25(21)28/h3-12,19,23-25H,1,13-14H2,2H3. The van der Waals surface area contributed by atoms with Crippen LogP contribution >= 0.6 is 0 Å². The fourth-order valence-corrected chi connectivity index (χ4v) is 3.76. The van der Waals surface area contributed by atoms with Crippen molar-refractivity contribution in [2.45, 2.75) is 31.5 Å². The maximum Gasteiger partial charge on any atom is 0.176 e. The molecule has 1 saturated heterocycles. The van der Waals surface area contributed by atoms with Crippen LogP contribution in [0.4, 0.5) is 13.2 Å². The summed E-state index contributed by atoms with van der Waals surface area (Å²) >= 11 is 0. The van der Waals surface area contributed by atoms with E-state index >= 15 is 0 Å². The predicted octanol–water partition coefficient (Wildman–Crippen LogP) is 6.15. The second-order valence-corrected chi connectivity index (χ2v) is 7.62. The third-order valence-electron chi connectivity index (χ3n) is 5.62. The van der Waals surface area contributed by atoms with Crippen LogP contribution in [-0.4, -0.2) is 31.8 Å². The Kier molecular flexibility index (Phi) is 5.93. The molecule has 0 bridgehead atoms. The van der Waals surface area contributed by atoms with Gasteiger partial charge in [0.15, 0.2) is 18.6 Å². The number of halogens is 3. The number of hydrogen-bond donors (Lipinski definition) is 0. The second-order valence-electron chi connectivity index (χ2n) is 7.62. The van der Waals surface area contributed by atoms with Gasteiger partial charge in [0.1, 0.15) is 5.82 Å². The molecule has 2 aromatic carbocycles. The lowest BCUT2D eigenvalue weighted by Gasteiger charge is -2.28. The molecule has 4 rings (SSSR count). The van der Waals surface area contributed by atoms with Crippen LogP contribution in [0.2, 0.25) is 0 Å². The number of ether oxygens (including phenoxy) is 2. The summed E-state index contributed by atoms with van der Waals surface area (Å²) in [5, 5.41) is 0. The van der Waals surface area contributed by atoms with Gasteiger partial charge in [-0.1, -0.05) is 55.1 Å². The van der Waals surface area contributed by atoms with Gasteiger partial charge in [0, 0.05) is 11.5 Å². The van der Waals surface area contributed by atoms with Gasteiger partial charge >= 0.3 is 0 Å². The van der Waals surface area contributed by atoms with Gasteiger partial charge in [0.2, 0.25) is 0 Å². The summed E-state index contributed by atoms with van der Waals surface area (Å²) in [7, 11) is 0. The van der Waals surface area contributed by atoms with Gasteiger partial charge in [0.25, 0.3) is 0 Å². The molecule has 2 unspecified atom stereocenters. The average Bonchev–Trinajstić information content (AvgIpc) is 2.78. The summed E-state index contributed by atoms with van der Waals surface area (Å²) in [6.07, 6.45) is 1.04. The lowest BCUT2D eigenvalue weighted by molar-refractivity contribution is -0.159. The van der Waals surface area contributed by atoms with Crippen LogP contribution < -0.4 is 0 Å². The fourth-order valence-electron chi connectivity index (χ4n) is 3.76. The van der Waals surface area contributed by atoms with Gasteiger partial charge in [-0.05, 0) is 46.9 Å². The van der Waals surface area contributed by atoms with E-state index in [1.165, 1.54) is 6.07 Å². The van der Waals surface area contributed by atoms with Crippen LogP contribution in [-0.2, 0) is 9.47 Å². The molecule has 0 N–H and O–H groups in total. The molecule has 2 aromatic rings. The zero-order chi connectivity index (χ0) is 21.3. The Balaban J connectivity index is 1.53. The first kappa shape index (κ1) is 20.6. The first-order valence-corrected chi connectivity index (χ1v) is 9.90. The highest BCUT2D eigenvalue weighted by atomic mass is 19.2. The second kappa shape index (κ2) is 8.62. The molecule has 5 heteroatoms. The summed E-state index contributed by atoms with van der Waals surface area (Å²) in [6.45, 7) is 6.08. The average molecular weight is 412 g/mol. The molecular weight excluding hydrogens is 389 g/mol. The molecule has 2 atom stereocenters. The molecule has 2 aliphatic rings. The molecule has 156 valence electrons. The van der Waals surface area contributed by atoms with Crippen molar-refractivity contribution in [1.82, 2.24) is 0 Å². The molecule has 1 aliphatic carbocycles. The van der Waals surface area contributed by atoms with Gasteiger partial charge in [-0.15, -0.1) is 0 Å². The van der Waals surface area contributed by atoms with Crippen molar-refractivity contribution in [3.8, 4) is 11.1 Å². The summed E-state index contributed by atoms with van der Waals surface area (Å²) < 4.78 is 54.2. The maximum absolute atomic E-state index is 14.8. The lowest BCUT2D eigenvalue weighted by Crippen LogP contribution is -2.29. The number of benzene rings is 2. The van der Waals surface area contributed by atoms with E-state index in [0.717, 1.165) is 5.56 Å². The summed E-state index contributed by atoms with van der Waals surface area (Å²) in [4.78, 5) is 0. The van der Waals surface area contributed by atoms with E-state index in [0.29, 0.717) is 41.1 Å². The number of rotatable bonds is 4. The molecule has 1 fully saturated rings. The maximum atomic E-state index is 14.8. The smallest absolute Gasteiger partial charge is 0.176 e. The third-order valence-corrected chi connectivity index (χ3v) is 5.62. The molecule has 30 heavy (non-hydrogen) atoms. The topological polar surface area (TPSA) is 18.5 Å². The van der Waals surface area contributed by atoms with Crippen LogP contribution in [0.5, 0.6) is 0 Å². The molecule has 0 spiro atoms. The summed E-state index contributed by atoms with van der Waals surface area (Å²) in [5.41, 5.74) is 3.17. The van der Waals surface area contributed by atoms with Crippen molar-refractivity contribution in [2.75, 3.05) is 13.2 Å². The van der Waals surface area contributed by atoms with Crippen molar-refractivity contribution in [1.29, 1.82) is 0 Å². The van der Waals surface area contributed by atoms with Crippen LogP contribution in [0.25, 0.3) is 16.7 Å². The third kappa shape index (κ3) is 4.00. The monoisotopic (exact) mass is 412 g/mol.